The number of hydrogen-bond acceptors (Lipinski definition) is 17. The van der Waals surface area contributed by atoms with Crippen LogP contribution in [0.25, 0.3) is 22.8 Å². The van der Waals surface area contributed by atoms with E-state index >= 15 is 0 Å². The van der Waals surface area contributed by atoms with Crippen LogP contribution in [-0.2, 0) is 74.1 Å². The second-order valence-electron chi connectivity index (χ2n) is 19.0. The first-order valence-electron chi connectivity index (χ1n) is 23.5. The van der Waals surface area contributed by atoms with E-state index in [0.717, 1.165) is 94.1 Å². The third kappa shape index (κ3) is 23.1. The Morgan fingerprint density at radius 1 is 0.640 bits per heavy atom. The maximum Gasteiger partial charge on any atom is 1.00 e. The molecule has 2 N–H and O–H groups in total. The van der Waals surface area contributed by atoms with Crippen LogP contribution in [-0.4, -0.2) is 120 Å². The summed E-state index contributed by atoms with van der Waals surface area (Å²) in [5, 5.41) is 10.4. The number of nitrogens with zero attached hydrogens (tertiary/aromatic N) is 5. The maximum atomic E-state index is 13.4. The molecule has 2 aliphatic rings. The number of rotatable bonds is 10. The van der Waals surface area contributed by atoms with Gasteiger partial charge in [0, 0.05) is 78.0 Å². The van der Waals surface area contributed by atoms with Gasteiger partial charge in [-0.2, -0.15) is 27.0 Å². The molecule has 409 valence electrons. The number of imidazole rings is 2. The van der Waals surface area contributed by atoms with Crippen molar-refractivity contribution < 1.29 is 92.1 Å². The normalized spacial score (nSPS) is 13.3. The van der Waals surface area contributed by atoms with Crippen molar-refractivity contribution in [2.45, 2.75) is 114 Å². The summed E-state index contributed by atoms with van der Waals surface area (Å²) >= 11 is 0. The van der Waals surface area contributed by atoms with Crippen molar-refractivity contribution in [3.8, 4) is 22.8 Å². The summed E-state index contributed by atoms with van der Waals surface area (Å²) in [6.07, 6.45) is 2.16. The minimum Gasteiger partial charge on any atom is -0.793 e. The van der Waals surface area contributed by atoms with Gasteiger partial charge in [-0.3, -0.25) is 24.0 Å². The number of fused-ring (bicyclic) bond motifs is 2. The smallest absolute Gasteiger partial charge is 0.793 e. The molecule has 0 saturated carbocycles. The number of ketones is 2. The van der Waals surface area contributed by atoms with Crippen molar-refractivity contribution in [3.05, 3.63) is 83.4 Å². The first-order valence-corrected chi connectivity index (χ1v) is 23.5. The summed E-state index contributed by atoms with van der Waals surface area (Å²) in [5.74, 6) is -2.05. The van der Waals surface area contributed by atoms with Crippen LogP contribution in [0.3, 0.4) is 0 Å². The fourth-order valence-electron chi connectivity index (χ4n) is 7.71. The number of carbonyl (C=O) groups is 7. The molecule has 19 nitrogen and oxygen atoms in total. The van der Waals surface area contributed by atoms with Gasteiger partial charge in [-0.15, -0.1) is 0 Å². The van der Waals surface area contributed by atoms with Crippen LogP contribution in [0, 0.1) is 22.7 Å². The predicted molar refractivity (Wildman–Crippen MR) is 290 cm³/mol. The van der Waals surface area contributed by atoms with Gasteiger partial charge in [-0.1, -0.05) is 102 Å². The Kier molecular flexibility index (Phi) is 34.2. The van der Waals surface area contributed by atoms with Crippen molar-refractivity contribution >= 4 is 76.5 Å². The summed E-state index contributed by atoms with van der Waals surface area (Å²) in [4.78, 5) is 99.8. The number of ether oxygens (including phenoxy) is 2. The van der Waals surface area contributed by atoms with Gasteiger partial charge in [-0.25, -0.2) is 29.3 Å². The molecular weight excluding hydrogens is 1010 g/mol. The van der Waals surface area contributed by atoms with Gasteiger partial charge in [0.2, 0.25) is 5.97 Å². The number of aromatic nitrogens is 4. The van der Waals surface area contributed by atoms with Crippen molar-refractivity contribution in [2.75, 3.05) is 41.5 Å². The molecule has 6 rings (SSSR count). The molecule has 3 radical (unpaired) electrons. The second kappa shape index (κ2) is 35.5. The van der Waals surface area contributed by atoms with E-state index in [4.69, 9.17) is 24.5 Å². The zero-order chi connectivity index (χ0) is 54.3. The Hall–Kier alpha value is -4.81. The number of benzene rings is 2. The molecule has 2 aliphatic heterocycles. The molecule has 0 aliphatic carbocycles. The monoisotopic (exact) mass is 1090 g/mol. The van der Waals surface area contributed by atoms with Gasteiger partial charge in [0.15, 0.2) is 11.6 Å². The van der Waals surface area contributed by atoms with Crippen molar-refractivity contribution in [1.29, 1.82) is 0 Å². The topological polar surface area (TPSA) is 237 Å². The third-order valence-electron chi connectivity index (χ3n) is 11.4. The first-order chi connectivity index (χ1) is 33.9. The van der Waals surface area contributed by atoms with Gasteiger partial charge in [-0.05, 0) is 43.8 Å². The maximum absolute atomic E-state index is 13.4. The molecule has 0 saturated heterocycles. The molecule has 4 aromatic rings. The number of Topliss-reactive ketones (excluding diaryl/α,β-unsaturated/α-hetero) is 2. The quantitative estimate of drug-likeness (QED) is 0.0756. The van der Waals surface area contributed by atoms with Crippen molar-refractivity contribution in [3.63, 3.8) is 0 Å². The first kappa shape index (κ1) is 72.3. The molecule has 2 aromatic carbocycles. The molecular formula is C52H77BN6NaO13S2. The van der Waals surface area contributed by atoms with Crippen LogP contribution in [0.2, 0.25) is 0 Å². The molecule has 0 amide bonds. The van der Waals surface area contributed by atoms with E-state index in [1.54, 1.807) is 0 Å². The summed E-state index contributed by atoms with van der Waals surface area (Å²) in [6, 6.07) is 19.9. The number of carbonyl (C=O) groups excluding carboxylic acids is 7. The average molecular weight is 1090 g/mol. The molecule has 4 heterocycles. The van der Waals surface area contributed by atoms with Gasteiger partial charge < -0.3 is 46.6 Å². The predicted octanol–water partition coefficient (Wildman–Crippen LogP) is 3.74. The molecule has 75 heavy (non-hydrogen) atoms. The van der Waals surface area contributed by atoms with Crippen LogP contribution in [0.4, 0.5) is 0 Å². The van der Waals surface area contributed by atoms with Crippen LogP contribution in [0.1, 0.15) is 120 Å². The second-order valence-corrected chi connectivity index (χ2v) is 19.0. The Labute approximate surface area is 479 Å². The standard InChI is InChI=1S/C23H31N3O3.C22H29N3O3.C4H6O4.C2H3BO2.CH4O.Na.2H2S/c1-23(2,3)17(22(28)29-5)14-19(27)20-18-15-25(4)12-9-13-26(18)21(24-20)16-10-7-6-8-11-16;1-22(2,3)16(21(27)28-4)13-18(26)19-17-14-23-11-8-12-25(17)20(24-19)15-9-6-5-7-10-15;1-3(5)7-8-4(2)6;1-2(4)5-3;1-2;;;/h6-8,10-11,17H,9,12-15H2,1-5H3;5-7,9-10,16,23H,8,11-14H2,1-4H3;1-2H3;1H3;2H,1H3;;2*1H2/q;;;-1;;+1;;/t17-;16-;;;;;;/m11....../s1. The molecule has 2 atom stereocenters. The Morgan fingerprint density at radius 3 is 1.37 bits per heavy atom. The van der Waals surface area contributed by atoms with E-state index in [1.807, 2.05) is 102 Å². The van der Waals surface area contributed by atoms with Crippen LogP contribution in [0.15, 0.2) is 60.7 Å². The van der Waals surface area contributed by atoms with E-state index in [-0.39, 0.29) is 104 Å². The van der Waals surface area contributed by atoms with E-state index in [0.29, 0.717) is 24.5 Å². The minimum atomic E-state index is -0.639. The number of nitrogens with one attached hydrogen (secondary N) is 1. The Morgan fingerprint density at radius 2 is 1.01 bits per heavy atom. The zero-order valence-corrected chi connectivity index (χ0v) is 50.2. The molecule has 2 aromatic heterocycles. The molecule has 0 fully saturated rings. The van der Waals surface area contributed by atoms with Crippen molar-refractivity contribution in [2.24, 2.45) is 22.7 Å². The Balaban J connectivity index is 0. The zero-order valence-electron chi connectivity index (χ0n) is 46.2. The largest absolute Gasteiger partial charge is 1.00 e. The summed E-state index contributed by atoms with van der Waals surface area (Å²) in [7, 11) is 10.1. The van der Waals surface area contributed by atoms with Gasteiger partial charge in [0.05, 0.1) is 37.4 Å². The summed E-state index contributed by atoms with van der Waals surface area (Å²) in [6.45, 7) is 20.0. The van der Waals surface area contributed by atoms with E-state index in [2.05, 4.69) is 48.9 Å². The van der Waals surface area contributed by atoms with Crippen LogP contribution >= 0.6 is 27.0 Å². The molecule has 0 bridgehead atoms. The fourth-order valence-corrected chi connectivity index (χ4v) is 7.71. The third-order valence-corrected chi connectivity index (χ3v) is 11.4. The van der Waals surface area contributed by atoms with Gasteiger partial charge in [0.25, 0.3) is 0 Å². The SMILES string of the molecule is CC(=O)OOC(C)=O.CO.COC(=O)[C@@H](CC(=O)c1nc(-c2ccccc2)n2c1CN(C)CCC2)C(C)(C)C.COC(=O)[C@@H](CC(=O)c1nc(-c2ccccc2)n2c1CNCCC2)C(C)(C)C.S.S.[B-]OC(C)=O.[Na+]. The Bertz CT molecular complexity index is 2410. The average Bonchev–Trinajstić information content (AvgIpc) is 3.69. The van der Waals surface area contributed by atoms with Gasteiger partial charge in [0.1, 0.15) is 23.0 Å². The number of methoxy groups -OCH3 is 2. The van der Waals surface area contributed by atoms with Crippen LogP contribution in [0.5, 0.6) is 0 Å². The fraction of sp³-hybridized carbons (Fsp3) is 0.519. The number of aliphatic hydroxyl groups excluding tert-OH is 1. The molecule has 23 heteroatoms. The van der Waals surface area contributed by atoms with E-state index in [1.165, 1.54) is 21.1 Å². The summed E-state index contributed by atoms with van der Waals surface area (Å²) < 4.78 is 17.9. The number of hydrogen-bond donors (Lipinski definition) is 2. The van der Waals surface area contributed by atoms with E-state index < -0.39 is 29.7 Å². The number of aliphatic hydroxyl groups is 1. The molecule has 0 unspecified atom stereocenters. The van der Waals surface area contributed by atoms with Crippen molar-refractivity contribution in [1.82, 2.24) is 29.3 Å². The van der Waals surface area contributed by atoms with Gasteiger partial charge >= 0.3 is 53.4 Å². The minimum absolute atomic E-state index is 0. The number of esters is 2. The summed E-state index contributed by atoms with van der Waals surface area (Å²) in [5.41, 5.74) is 4.02. The molecule has 0 spiro atoms. The van der Waals surface area contributed by atoms with E-state index in [9.17, 15) is 33.6 Å². The van der Waals surface area contributed by atoms with Crippen LogP contribution < -0.4 is 34.9 Å².